The molecule has 2 aliphatic rings. The van der Waals surface area contributed by atoms with Gasteiger partial charge in [-0.3, -0.25) is 20.2 Å². The lowest BCUT2D eigenvalue weighted by atomic mass is 9.91. The van der Waals surface area contributed by atoms with Crippen LogP contribution < -0.4 is 20.1 Å². The standard InChI is InChI=1S/C24H21FN4O7/c1-13-28-29-20(34-13)18-9-8-16(11-19(18)25)35-14-4-6-15(7-5-14)36-24(12-17-3-2-10-33-17)21(30)26-23(32)27-22(24)31/h4-9,11,17H,2-3,10,12H2,1H3,(H2,26,27,30,31,32). The van der Waals surface area contributed by atoms with Crippen molar-refractivity contribution in [2.24, 2.45) is 0 Å². The van der Waals surface area contributed by atoms with Gasteiger partial charge in [-0.2, -0.15) is 0 Å². The molecule has 2 saturated heterocycles. The second kappa shape index (κ2) is 9.38. The Kier molecular flexibility index (Phi) is 6.10. The molecule has 12 heteroatoms. The van der Waals surface area contributed by atoms with E-state index in [-0.39, 0.29) is 35.5 Å². The number of aryl methyl sites for hydroxylation is 1. The monoisotopic (exact) mass is 496 g/mol. The Labute approximate surface area is 203 Å². The molecule has 0 aliphatic carbocycles. The molecule has 36 heavy (non-hydrogen) atoms. The number of imide groups is 2. The maximum absolute atomic E-state index is 14.5. The van der Waals surface area contributed by atoms with E-state index in [2.05, 4.69) is 20.8 Å². The van der Waals surface area contributed by atoms with Gasteiger partial charge in [0.15, 0.2) is 0 Å². The van der Waals surface area contributed by atoms with Gasteiger partial charge in [-0.25, -0.2) is 9.18 Å². The summed E-state index contributed by atoms with van der Waals surface area (Å²) in [5.74, 6) is -1.18. The van der Waals surface area contributed by atoms with Gasteiger partial charge < -0.3 is 18.6 Å². The van der Waals surface area contributed by atoms with Crippen LogP contribution in [-0.2, 0) is 14.3 Å². The van der Waals surface area contributed by atoms with E-state index in [1.807, 2.05) is 0 Å². The van der Waals surface area contributed by atoms with Crippen LogP contribution in [0.1, 0.15) is 25.2 Å². The summed E-state index contributed by atoms with van der Waals surface area (Å²) in [6.07, 6.45) is 1.03. The topological polar surface area (TPSA) is 142 Å². The van der Waals surface area contributed by atoms with Crippen LogP contribution >= 0.6 is 0 Å². The Hall–Kier alpha value is -4.32. The first kappa shape index (κ1) is 23.4. The number of aromatic nitrogens is 2. The van der Waals surface area contributed by atoms with Gasteiger partial charge in [-0.15, -0.1) is 10.2 Å². The second-order valence-electron chi connectivity index (χ2n) is 8.35. The first-order valence-corrected chi connectivity index (χ1v) is 11.2. The van der Waals surface area contributed by atoms with Crippen molar-refractivity contribution < 1.29 is 37.4 Å². The molecule has 0 saturated carbocycles. The van der Waals surface area contributed by atoms with E-state index in [1.165, 1.54) is 36.4 Å². The fourth-order valence-corrected chi connectivity index (χ4v) is 4.04. The summed E-state index contributed by atoms with van der Waals surface area (Å²) in [7, 11) is 0. The normalized spacial score (nSPS) is 19.1. The van der Waals surface area contributed by atoms with E-state index in [4.69, 9.17) is 18.6 Å². The lowest BCUT2D eigenvalue weighted by Gasteiger charge is -2.35. The Morgan fingerprint density at radius 1 is 1.03 bits per heavy atom. The average molecular weight is 496 g/mol. The van der Waals surface area contributed by atoms with E-state index in [0.29, 0.717) is 24.7 Å². The number of urea groups is 1. The molecule has 4 amide bonds. The molecule has 3 heterocycles. The van der Waals surface area contributed by atoms with E-state index in [1.54, 1.807) is 13.0 Å². The highest BCUT2D eigenvalue weighted by Crippen LogP contribution is 2.32. The number of benzene rings is 2. The zero-order valence-electron chi connectivity index (χ0n) is 19.1. The lowest BCUT2D eigenvalue weighted by molar-refractivity contribution is -0.154. The molecule has 2 fully saturated rings. The van der Waals surface area contributed by atoms with Gasteiger partial charge in [-0.05, 0) is 49.2 Å². The lowest BCUT2D eigenvalue weighted by Crippen LogP contribution is -2.69. The Morgan fingerprint density at radius 3 is 2.33 bits per heavy atom. The van der Waals surface area contributed by atoms with Crippen molar-refractivity contribution in [3.8, 4) is 28.7 Å². The highest BCUT2D eigenvalue weighted by Gasteiger charge is 2.54. The fourth-order valence-electron chi connectivity index (χ4n) is 4.04. The van der Waals surface area contributed by atoms with Crippen molar-refractivity contribution in [2.45, 2.75) is 37.9 Å². The molecule has 0 bridgehead atoms. The SMILES string of the molecule is Cc1nnc(-c2ccc(Oc3ccc(OC4(CC5CCCO5)C(=O)NC(=O)NC4=O)cc3)cc2F)o1. The van der Waals surface area contributed by atoms with Crippen molar-refractivity contribution in [3.05, 3.63) is 54.2 Å². The van der Waals surface area contributed by atoms with Crippen LogP contribution in [0.4, 0.5) is 9.18 Å². The van der Waals surface area contributed by atoms with Crippen LogP contribution in [0.25, 0.3) is 11.5 Å². The van der Waals surface area contributed by atoms with Crippen LogP contribution in [0.5, 0.6) is 17.2 Å². The smallest absolute Gasteiger partial charge is 0.328 e. The first-order valence-electron chi connectivity index (χ1n) is 11.2. The summed E-state index contributed by atoms with van der Waals surface area (Å²) < 4.78 is 37.0. The molecule has 3 aromatic rings. The molecule has 1 aromatic heterocycles. The Balaban J connectivity index is 1.32. The van der Waals surface area contributed by atoms with Crippen LogP contribution in [0.3, 0.4) is 0 Å². The number of rotatable bonds is 7. The van der Waals surface area contributed by atoms with Crippen molar-refractivity contribution in [3.63, 3.8) is 0 Å². The summed E-state index contributed by atoms with van der Waals surface area (Å²) >= 11 is 0. The summed E-state index contributed by atoms with van der Waals surface area (Å²) in [5.41, 5.74) is -1.83. The van der Waals surface area contributed by atoms with E-state index >= 15 is 0 Å². The van der Waals surface area contributed by atoms with Crippen LogP contribution in [0.2, 0.25) is 0 Å². The number of hydrogen-bond donors (Lipinski definition) is 2. The number of carbonyl (C=O) groups excluding carboxylic acids is 3. The molecule has 1 atom stereocenters. The van der Waals surface area contributed by atoms with E-state index in [0.717, 1.165) is 6.42 Å². The highest BCUT2D eigenvalue weighted by molar-refractivity contribution is 6.21. The quantitative estimate of drug-likeness (QED) is 0.472. The number of nitrogens with zero attached hydrogens (tertiary/aromatic N) is 2. The van der Waals surface area contributed by atoms with Gasteiger partial charge in [0.2, 0.25) is 5.89 Å². The third-order valence-corrected chi connectivity index (χ3v) is 5.78. The van der Waals surface area contributed by atoms with Crippen LogP contribution in [-0.4, -0.2) is 46.4 Å². The Bertz CT molecular complexity index is 1300. The molecule has 11 nitrogen and oxygen atoms in total. The third-order valence-electron chi connectivity index (χ3n) is 5.78. The van der Waals surface area contributed by atoms with Crippen molar-refractivity contribution in [1.82, 2.24) is 20.8 Å². The number of nitrogens with one attached hydrogen (secondary N) is 2. The van der Waals surface area contributed by atoms with Crippen LogP contribution in [0.15, 0.2) is 46.9 Å². The van der Waals surface area contributed by atoms with Crippen molar-refractivity contribution in [1.29, 1.82) is 0 Å². The molecular formula is C24H21FN4O7. The number of barbiturate groups is 1. The van der Waals surface area contributed by atoms with Crippen molar-refractivity contribution in [2.75, 3.05) is 6.61 Å². The minimum Gasteiger partial charge on any atom is -0.467 e. The molecule has 0 spiro atoms. The molecule has 0 radical (unpaired) electrons. The molecule has 186 valence electrons. The summed E-state index contributed by atoms with van der Waals surface area (Å²) in [6.45, 7) is 2.13. The van der Waals surface area contributed by atoms with Gasteiger partial charge in [0.1, 0.15) is 23.1 Å². The van der Waals surface area contributed by atoms with Gasteiger partial charge >= 0.3 is 6.03 Å². The molecule has 5 rings (SSSR count). The fraction of sp³-hybridized carbons (Fsp3) is 0.292. The number of halogens is 1. The molecule has 2 aliphatic heterocycles. The molecule has 2 N–H and O–H groups in total. The number of hydrogen-bond acceptors (Lipinski definition) is 9. The molecular weight excluding hydrogens is 475 g/mol. The number of ether oxygens (including phenoxy) is 3. The minimum atomic E-state index is -1.97. The summed E-state index contributed by atoms with van der Waals surface area (Å²) in [5, 5.41) is 11.7. The summed E-state index contributed by atoms with van der Waals surface area (Å²) in [6, 6.07) is 9.35. The van der Waals surface area contributed by atoms with E-state index < -0.39 is 29.3 Å². The number of amides is 4. The Morgan fingerprint density at radius 2 is 1.72 bits per heavy atom. The average Bonchev–Trinajstić information content (AvgIpc) is 3.50. The third kappa shape index (κ3) is 4.62. The zero-order chi connectivity index (χ0) is 25.3. The van der Waals surface area contributed by atoms with Gasteiger partial charge in [0.25, 0.3) is 23.3 Å². The van der Waals surface area contributed by atoms with Gasteiger partial charge in [0.05, 0.1) is 11.7 Å². The number of carbonyl (C=O) groups is 3. The summed E-state index contributed by atoms with van der Waals surface area (Å²) in [4.78, 5) is 37.1. The maximum atomic E-state index is 14.5. The molecule has 1 unspecified atom stereocenters. The predicted octanol–water partition coefficient (Wildman–Crippen LogP) is 3.03. The van der Waals surface area contributed by atoms with Crippen molar-refractivity contribution >= 4 is 17.8 Å². The van der Waals surface area contributed by atoms with Gasteiger partial charge in [-0.1, -0.05) is 0 Å². The predicted molar refractivity (Wildman–Crippen MR) is 120 cm³/mol. The largest absolute Gasteiger partial charge is 0.467 e. The molecule has 2 aromatic carbocycles. The highest BCUT2D eigenvalue weighted by atomic mass is 19.1. The maximum Gasteiger partial charge on any atom is 0.328 e. The van der Waals surface area contributed by atoms with Gasteiger partial charge in [0, 0.05) is 26.0 Å². The van der Waals surface area contributed by atoms with E-state index in [9.17, 15) is 18.8 Å². The second-order valence-corrected chi connectivity index (χ2v) is 8.35. The minimum absolute atomic E-state index is 0.0542. The first-order chi connectivity index (χ1) is 17.3. The van der Waals surface area contributed by atoms with Crippen LogP contribution in [0, 0.1) is 12.7 Å². The zero-order valence-corrected chi connectivity index (χ0v) is 19.1.